The molecule has 0 unspecified atom stereocenters. The van der Waals surface area contributed by atoms with Gasteiger partial charge in [-0.1, -0.05) is 12.1 Å². The van der Waals surface area contributed by atoms with Gasteiger partial charge in [0.1, 0.15) is 5.76 Å². The second kappa shape index (κ2) is 4.10. The predicted molar refractivity (Wildman–Crippen MR) is 62.3 cm³/mol. The summed E-state index contributed by atoms with van der Waals surface area (Å²) in [5, 5.41) is 2.68. The molecule has 0 atom stereocenters. The first-order chi connectivity index (χ1) is 7.66. The molecule has 0 saturated carbocycles. The van der Waals surface area contributed by atoms with Gasteiger partial charge in [0.15, 0.2) is 5.76 Å². The Labute approximate surface area is 93.1 Å². The van der Waals surface area contributed by atoms with Gasteiger partial charge in [0, 0.05) is 0 Å². The molecule has 1 aromatic carbocycles. The van der Waals surface area contributed by atoms with Gasteiger partial charge >= 0.3 is 0 Å². The smallest absolute Gasteiger partial charge is 0.291 e. The van der Waals surface area contributed by atoms with Crippen LogP contribution < -0.4 is 11.1 Å². The number of carbonyl (C=O) groups is 1. The largest absolute Gasteiger partial charge is 0.456 e. The van der Waals surface area contributed by atoms with Gasteiger partial charge in [-0.2, -0.15) is 0 Å². The Morgan fingerprint density at radius 1 is 1.25 bits per heavy atom. The van der Waals surface area contributed by atoms with Crippen LogP contribution in [0.15, 0.2) is 40.8 Å². The van der Waals surface area contributed by atoms with E-state index in [-0.39, 0.29) is 11.7 Å². The quantitative estimate of drug-likeness (QED) is 0.757. The molecule has 0 radical (unpaired) electrons. The molecule has 4 nitrogen and oxygen atoms in total. The molecule has 2 aromatic rings. The van der Waals surface area contributed by atoms with Crippen molar-refractivity contribution in [3.8, 4) is 0 Å². The Bertz CT molecular complexity index is 517. The molecule has 1 amide bonds. The first-order valence-electron chi connectivity index (χ1n) is 4.89. The number of furan rings is 1. The average molecular weight is 216 g/mol. The highest BCUT2D eigenvalue weighted by Crippen LogP contribution is 2.18. The second-order valence-corrected chi connectivity index (χ2v) is 3.45. The van der Waals surface area contributed by atoms with E-state index in [1.54, 1.807) is 37.3 Å². The van der Waals surface area contributed by atoms with Crippen LogP contribution in [0.2, 0.25) is 0 Å². The monoisotopic (exact) mass is 216 g/mol. The van der Waals surface area contributed by atoms with E-state index in [0.717, 1.165) is 0 Å². The number of rotatable bonds is 2. The minimum absolute atomic E-state index is 0.278. The van der Waals surface area contributed by atoms with Crippen LogP contribution in [0.5, 0.6) is 0 Å². The van der Waals surface area contributed by atoms with Gasteiger partial charge in [-0.05, 0) is 31.2 Å². The fourth-order valence-corrected chi connectivity index (χ4v) is 1.35. The van der Waals surface area contributed by atoms with Crippen molar-refractivity contribution < 1.29 is 9.21 Å². The lowest BCUT2D eigenvalue weighted by Gasteiger charge is -2.05. The Morgan fingerprint density at radius 2 is 2.00 bits per heavy atom. The molecule has 0 aliphatic carbocycles. The molecule has 16 heavy (non-hydrogen) atoms. The van der Waals surface area contributed by atoms with E-state index in [1.807, 2.05) is 6.07 Å². The molecule has 0 aliphatic heterocycles. The van der Waals surface area contributed by atoms with Crippen molar-refractivity contribution in [3.63, 3.8) is 0 Å². The number of benzene rings is 1. The average Bonchev–Trinajstić information content (AvgIpc) is 2.68. The third kappa shape index (κ3) is 2.06. The lowest BCUT2D eigenvalue weighted by molar-refractivity contribution is 0.0995. The number of anilines is 2. The van der Waals surface area contributed by atoms with E-state index in [0.29, 0.717) is 17.1 Å². The Kier molecular flexibility index (Phi) is 2.64. The molecule has 3 N–H and O–H groups in total. The van der Waals surface area contributed by atoms with Gasteiger partial charge in [0.25, 0.3) is 5.91 Å². The fraction of sp³-hybridized carbons (Fsp3) is 0.0833. The Morgan fingerprint density at radius 3 is 2.62 bits per heavy atom. The van der Waals surface area contributed by atoms with Crippen LogP contribution in [0.3, 0.4) is 0 Å². The number of amides is 1. The minimum atomic E-state index is -0.300. The zero-order chi connectivity index (χ0) is 11.5. The van der Waals surface area contributed by atoms with Crippen molar-refractivity contribution in [2.45, 2.75) is 6.92 Å². The van der Waals surface area contributed by atoms with Gasteiger partial charge < -0.3 is 15.5 Å². The highest BCUT2D eigenvalue weighted by molar-refractivity contribution is 6.03. The highest BCUT2D eigenvalue weighted by atomic mass is 16.3. The van der Waals surface area contributed by atoms with Crippen LogP contribution in [0, 0.1) is 6.92 Å². The summed E-state index contributed by atoms with van der Waals surface area (Å²) in [7, 11) is 0. The van der Waals surface area contributed by atoms with Gasteiger partial charge in [-0.25, -0.2) is 0 Å². The first kappa shape index (κ1) is 10.3. The van der Waals surface area contributed by atoms with Crippen molar-refractivity contribution in [3.05, 3.63) is 47.9 Å². The molecule has 0 bridgehead atoms. The zero-order valence-corrected chi connectivity index (χ0v) is 8.86. The lowest BCUT2D eigenvalue weighted by Crippen LogP contribution is -2.12. The minimum Gasteiger partial charge on any atom is -0.456 e. The van der Waals surface area contributed by atoms with Crippen LogP contribution >= 0.6 is 0 Å². The molecule has 4 heteroatoms. The van der Waals surface area contributed by atoms with E-state index in [1.165, 1.54) is 0 Å². The molecule has 0 spiro atoms. The number of nitrogen functional groups attached to an aromatic ring is 1. The molecule has 0 fully saturated rings. The summed E-state index contributed by atoms with van der Waals surface area (Å²) in [6.45, 7) is 1.79. The summed E-state index contributed by atoms with van der Waals surface area (Å²) < 4.78 is 5.20. The summed E-state index contributed by atoms with van der Waals surface area (Å²) in [4.78, 5) is 11.7. The van der Waals surface area contributed by atoms with Gasteiger partial charge in [0.2, 0.25) is 0 Å². The lowest BCUT2D eigenvalue weighted by atomic mass is 10.2. The van der Waals surface area contributed by atoms with E-state index in [9.17, 15) is 4.79 Å². The molecule has 0 aliphatic rings. The van der Waals surface area contributed by atoms with Crippen LogP contribution in [0.1, 0.15) is 16.3 Å². The van der Waals surface area contributed by atoms with Crippen LogP contribution in [0.4, 0.5) is 11.4 Å². The predicted octanol–water partition coefficient (Wildman–Crippen LogP) is 2.42. The van der Waals surface area contributed by atoms with E-state index in [4.69, 9.17) is 10.2 Å². The number of hydrogen-bond acceptors (Lipinski definition) is 3. The van der Waals surface area contributed by atoms with Crippen molar-refractivity contribution >= 4 is 17.3 Å². The van der Waals surface area contributed by atoms with Gasteiger partial charge in [-0.3, -0.25) is 4.79 Å². The summed E-state index contributed by atoms with van der Waals surface area (Å²) in [5.41, 5.74) is 6.82. The number of carbonyl (C=O) groups excluding carboxylic acids is 1. The molecule has 2 rings (SSSR count). The normalized spacial score (nSPS) is 10.1. The highest BCUT2D eigenvalue weighted by Gasteiger charge is 2.10. The number of para-hydroxylation sites is 2. The zero-order valence-electron chi connectivity index (χ0n) is 8.86. The van der Waals surface area contributed by atoms with Crippen molar-refractivity contribution in [2.75, 3.05) is 11.1 Å². The number of aryl methyl sites for hydroxylation is 1. The fourth-order valence-electron chi connectivity index (χ4n) is 1.35. The summed E-state index contributed by atoms with van der Waals surface area (Å²) in [6.07, 6.45) is 0. The van der Waals surface area contributed by atoms with Crippen LogP contribution in [-0.2, 0) is 0 Å². The van der Waals surface area contributed by atoms with Crippen LogP contribution in [-0.4, -0.2) is 5.91 Å². The van der Waals surface area contributed by atoms with E-state index in [2.05, 4.69) is 5.32 Å². The number of hydrogen-bond donors (Lipinski definition) is 2. The maximum Gasteiger partial charge on any atom is 0.291 e. The van der Waals surface area contributed by atoms with Crippen molar-refractivity contribution in [2.24, 2.45) is 0 Å². The summed E-state index contributed by atoms with van der Waals surface area (Å²) in [6, 6.07) is 10.4. The van der Waals surface area contributed by atoms with Crippen molar-refractivity contribution in [1.29, 1.82) is 0 Å². The third-order valence-corrected chi connectivity index (χ3v) is 2.17. The maximum atomic E-state index is 11.7. The molecular weight excluding hydrogens is 204 g/mol. The third-order valence-electron chi connectivity index (χ3n) is 2.17. The molecule has 1 heterocycles. The SMILES string of the molecule is Cc1ccc(C(=O)Nc2ccccc2N)o1. The molecule has 82 valence electrons. The second-order valence-electron chi connectivity index (χ2n) is 3.45. The van der Waals surface area contributed by atoms with E-state index >= 15 is 0 Å². The topological polar surface area (TPSA) is 68.3 Å². The Balaban J connectivity index is 2.17. The summed E-state index contributed by atoms with van der Waals surface area (Å²) >= 11 is 0. The Hall–Kier alpha value is -2.23. The molecule has 1 aromatic heterocycles. The molecule has 0 saturated heterocycles. The maximum absolute atomic E-state index is 11.7. The van der Waals surface area contributed by atoms with E-state index < -0.39 is 0 Å². The van der Waals surface area contributed by atoms with Crippen molar-refractivity contribution in [1.82, 2.24) is 0 Å². The van der Waals surface area contributed by atoms with Crippen LogP contribution in [0.25, 0.3) is 0 Å². The summed E-state index contributed by atoms with van der Waals surface area (Å²) in [5.74, 6) is 0.679. The number of nitrogens with two attached hydrogens (primary N) is 1. The van der Waals surface area contributed by atoms with Gasteiger partial charge in [0.05, 0.1) is 11.4 Å². The van der Waals surface area contributed by atoms with Gasteiger partial charge in [-0.15, -0.1) is 0 Å². The number of nitrogens with one attached hydrogen (secondary N) is 1. The molecular formula is C12H12N2O2. The standard InChI is InChI=1S/C12H12N2O2/c1-8-6-7-11(16-8)12(15)14-10-5-3-2-4-9(10)13/h2-7H,13H2,1H3,(H,14,15). The first-order valence-corrected chi connectivity index (χ1v) is 4.89.